The van der Waals surface area contributed by atoms with E-state index in [9.17, 15) is 19.5 Å². The van der Waals surface area contributed by atoms with Crippen LogP contribution in [-0.2, 0) is 14.3 Å². The molecule has 1 heterocycles. The van der Waals surface area contributed by atoms with Gasteiger partial charge in [-0.1, -0.05) is 43.5 Å². The van der Waals surface area contributed by atoms with Gasteiger partial charge in [-0.25, -0.2) is 13.6 Å². The zero-order chi connectivity index (χ0) is 29.1. The summed E-state index contributed by atoms with van der Waals surface area (Å²) in [6.45, 7) is 4.59. The molecule has 0 radical (unpaired) electrons. The number of fused-ring (bicyclic) bond motifs is 5. The number of aliphatic hydroxyl groups excluding tert-OH is 2. The first-order chi connectivity index (χ1) is 18.9. The number of esters is 1. The van der Waals surface area contributed by atoms with E-state index in [4.69, 9.17) is 14.3 Å². The fraction of sp³-hybridized carbons (Fsp3) is 0.567. The Kier molecular flexibility index (Phi) is 7.17. The lowest BCUT2D eigenvalue weighted by molar-refractivity contribution is -0.214. The summed E-state index contributed by atoms with van der Waals surface area (Å²) in [7, 11) is 0. The van der Waals surface area contributed by atoms with Crippen molar-refractivity contribution in [1.82, 2.24) is 0 Å². The molecule has 5 rings (SSSR count). The fourth-order valence-electron chi connectivity index (χ4n) is 8.10. The Bertz CT molecular complexity index is 1360. The maximum atomic E-state index is 17.5. The maximum Gasteiger partial charge on any atom is 0.375 e. The summed E-state index contributed by atoms with van der Waals surface area (Å²) >= 11 is 0.819. The minimum absolute atomic E-state index is 0.0174. The number of aliphatic hydroxyl groups is 2. The number of furan rings is 1. The monoisotopic (exact) mass is 574 g/mol. The van der Waals surface area contributed by atoms with Gasteiger partial charge < -0.3 is 19.4 Å². The molecule has 8 atom stereocenters. The van der Waals surface area contributed by atoms with Crippen molar-refractivity contribution in [3.05, 3.63) is 47.7 Å². The van der Waals surface area contributed by atoms with Crippen LogP contribution in [0.4, 0.5) is 8.78 Å². The van der Waals surface area contributed by atoms with Gasteiger partial charge in [-0.2, -0.15) is 0 Å². The Morgan fingerprint density at radius 3 is 2.70 bits per heavy atom. The van der Waals surface area contributed by atoms with Crippen molar-refractivity contribution in [2.75, 3.05) is 12.4 Å². The zero-order valence-corrected chi connectivity index (χ0v) is 23.4. The van der Waals surface area contributed by atoms with Gasteiger partial charge in [0.05, 0.1) is 18.1 Å². The SMILES string of the molecule is C[C@@H]1CC2C3CC(F)=C4CC(=O)C=C[C@]4(C)[C@@]3(F)[C@@H](O)C[C@]2(C)[C@@]1(OC(=O)c1ccco1)C(=O)SCC#CCO. The van der Waals surface area contributed by atoms with Gasteiger partial charge in [-0.15, -0.1) is 0 Å². The smallest absolute Gasteiger partial charge is 0.375 e. The Morgan fingerprint density at radius 1 is 1.27 bits per heavy atom. The number of rotatable bonds is 4. The van der Waals surface area contributed by atoms with Crippen molar-refractivity contribution in [3.8, 4) is 11.8 Å². The highest BCUT2D eigenvalue weighted by atomic mass is 32.2. The van der Waals surface area contributed by atoms with Crippen molar-refractivity contribution in [1.29, 1.82) is 0 Å². The van der Waals surface area contributed by atoms with E-state index >= 15 is 8.78 Å². The molecule has 0 saturated heterocycles. The number of hydrogen-bond donors (Lipinski definition) is 2. The van der Waals surface area contributed by atoms with Crippen LogP contribution in [-0.4, -0.2) is 56.8 Å². The van der Waals surface area contributed by atoms with Crippen molar-refractivity contribution in [3.63, 3.8) is 0 Å². The van der Waals surface area contributed by atoms with E-state index in [-0.39, 0.29) is 55.2 Å². The first-order valence-corrected chi connectivity index (χ1v) is 14.3. The summed E-state index contributed by atoms with van der Waals surface area (Å²) in [6.07, 6.45) is 1.68. The van der Waals surface area contributed by atoms with Crippen molar-refractivity contribution in [2.45, 2.75) is 63.8 Å². The number of allylic oxidation sites excluding steroid dienone is 4. The number of halogens is 2. The number of carbonyl (C=O) groups is 3. The van der Waals surface area contributed by atoms with E-state index in [1.54, 1.807) is 13.8 Å². The molecule has 7 nitrogen and oxygen atoms in total. The molecule has 1 aromatic rings. The predicted octanol–water partition coefficient (Wildman–Crippen LogP) is 4.34. The van der Waals surface area contributed by atoms with Crippen LogP contribution >= 0.6 is 11.8 Å². The van der Waals surface area contributed by atoms with Crippen molar-refractivity contribution >= 4 is 28.6 Å². The average Bonchev–Trinajstić information content (AvgIpc) is 3.52. The minimum atomic E-state index is -2.32. The molecule has 2 saturated carbocycles. The van der Waals surface area contributed by atoms with Crippen LogP contribution in [0.15, 0.2) is 46.4 Å². The lowest BCUT2D eigenvalue weighted by Crippen LogP contribution is -2.69. The molecule has 2 fully saturated rings. The van der Waals surface area contributed by atoms with Crippen molar-refractivity contribution < 1.29 is 42.5 Å². The second kappa shape index (κ2) is 9.97. The number of hydrogen-bond acceptors (Lipinski definition) is 8. The Morgan fingerprint density at radius 2 is 2.02 bits per heavy atom. The van der Waals surface area contributed by atoms with Crippen molar-refractivity contribution in [2.24, 2.45) is 28.6 Å². The second-order valence-corrected chi connectivity index (χ2v) is 12.7. The van der Waals surface area contributed by atoms with E-state index in [2.05, 4.69) is 11.8 Å². The van der Waals surface area contributed by atoms with E-state index < -0.39 is 62.9 Å². The van der Waals surface area contributed by atoms with Gasteiger partial charge in [-0.3, -0.25) is 9.59 Å². The lowest BCUT2D eigenvalue weighted by Gasteiger charge is -2.62. The highest BCUT2D eigenvalue weighted by molar-refractivity contribution is 8.14. The number of alkyl halides is 1. The molecular formula is C30H32F2O7S. The van der Waals surface area contributed by atoms with E-state index in [1.165, 1.54) is 37.5 Å². The fourth-order valence-corrected chi connectivity index (χ4v) is 9.09. The number of ketones is 1. The molecular weight excluding hydrogens is 542 g/mol. The van der Waals surface area contributed by atoms with E-state index in [1.807, 2.05) is 0 Å². The average molecular weight is 575 g/mol. The Balaban J connectivity index is 1.62. The summed E-state index contributed by atoms with van der Waals surface area (Å²) in [5.74, 6) is 0.954. The molecule has 10 heteroatoms. The molecule has 214 valence electrons. The molecule has 2 unspecified atom stereocenters. The van der Waals surface area contributed by atoms with Gasteiger partial charge in [0.2, 0.25) is 10.9 Å². The van der Waals surface area contributed by atoms with E-state index in [0.29, 0.717) is 0 Å². The topological polar surface area (TPSA) is 114 Å². The molecule has 2 N–H and O–H groups in total. The van der Waals surface area contributed by atoms with Crippen LogP contribution in [0.1, 0.15) is 57.0 Å². The number of carbonyl (C=O) groups excluding carboxylic acids is 3. The quantitative estimate of drug-likeness (QED) is 0.403. The molecule has 0 aliphatic heterocycles. The molecule has 1 aromatic heterocycles. The standard InChI is InChI=1S/C30H32F2O7S/c1-17-13-19-20-15-22(31)21-14-18(34)8-9-27(21,2)29(20,32)24(35)16-28(19,3)30(17,26(37)40-12-5-4-10-33)39-25(36)23-7-6-11-38-23/h6-9,11,17,19-20,24,33,35H,10,12-16H2,1-3H3/t17-,19?,20?,24+,27+,28+,29+,30+/m1/s1. The molecule has 4 aliphatic rings. The van der Waals surface area contributed by atoms with Crippen LogP contribution in [0.3, 0.4) is 0 Å². The Labute approximate surface area is 235 Å². The lowest BCUT2D eigenvalue weighted by atomic mass is 9.45. The summed E-state index contributed by atoms with van der Waals surface area (Å²) in [5.41, 5.74) is -6.90. The van der Waals surface area contributed by atoms with Crippen LogP contribution in [0.25, 0.3) is 0 Å². The van der Waals surface area contributed by atoms with Gasteiger partial charge in [0.15, 0.2) is 17.1 Å². The first kappa shape index (κ1) is 28.8. The molecule has 0 spiro atoms. The van der Waals surface area contributed by atoms with Crippen LogP contribution < -0.4 is 0 Å². The van der Waals surface area contributed by atoms with Gasteiger partial charge in [0, 0.05) is 35.5 Å². The summed E-state index contributed by atoms with van der Waals surface area (Å²) in [5, 5.41) is 20.1. The van der Waals surface area contributed by atoms with Gasteiger partial charge in [-0.05, 0) is 49.5 Å². The van der Waals surface area contributed by atoms with E-state index in [0.717, 1.165) is 11.8 Å². The van der Waals surface area contributed by atoms with Gasteiger partial charge in [0.1, 0.15) is 12.4 Å². The third kappa shape index (κ3) is 3.81. The number of ether oxygens (including phenoxy) is 1. The second-order valence-electron chi connectivity index (χ2n) is 11.7. The predicted molar refractivity (Wildman–Crippen MR) is 142 cm³/mol. The first-order valence-electron chi connectivity index (χ1n) is 13.3. The van der Waals surface area contributed by atoms with Gasteiger partial charge >= 0.3 is 5.97 Å². The van der Waals surface area contributed by atoms with Crippen LogP contribution in [0.2, 0.25) is 0 Å². The highest BCUT2D eigenvalue weighted by Gasteiger charge is 2.77. The highest BCUT2D eigenvalue weighted by Crippen LogP contribution is 2.72. The zero-order valence-electron chi connectivity index (χ0n) is 22.5. The maximum absolute atomic E-state index is 17.5. The molecule has 0 bridgehead atoms. The summed E-state index contributed by atoms with van der Waals surface area (Å²) in [4.78, 5) is 39.5. The van der Waals surface area contributed by atoms with Gasteiger partial charge in [0.25, 0.3) is 0 Å². The largest absolute Gasteiger partial charge is 0.457 e. The molecule has 0 amide bonds. The number of thioether (sulfide) groups is 1. The molecule has 40 heavy (non-hydrogen) atoms. The minimum Gasteiger partial charge on any atom is -0.457 e. The van der Waals surface area contributed by atoms with Crippen LogP contribution in [0.5, 0.6) is 0 Å². The normalized spacial score (nSPS) is 40.0. The van der Waals surface area contributed by atoms with Crippen LogP contribution in [0, 0.1) is 40.4 Å². The molecule has 0 aromatic carbocycles. The summed E-state index contributed by atoms with van der Waals surface area (Å²) < 4.78 is 44.5. The summed E-state index contributed by atoms with van der Waals surface area (Å²) in [6, 6.07) is 2.91. The third-order valence-electron chi connectivity index (χ3n) is 9.96. The third-order valence-corrected chi connectivity index (χ3v) is 10.8. The Hall–Kier alpha value is -2.74. The molecule has 4 aliphatic carbocycles.